The average molecular weight is 275 g/mol. The van der Waals surface area contributed by atoms with E-state index in [0.717, 1.165) is 25.7 Å². The van der Waals surface area contributed by atoms with E-state index in [2.05, 4.69) is 50.4 Å². The van der Waals surface area contributed by atoms with E-state index in [1.54, 1.807) is 0 Å². The van der Waals surface area contributed by atoms with Gasteiger partial charge in [-0.1, -0.05) is 37.1 Å². The minimum absolute atomic E-state index is 0.151. The van der Waals surface area contributed by atoms with Crippen LogP contribution in [0, 0.1) is 5.92 Å². The number of benzene rings is 1. The summed E-state index contributed by atoms with van der Waals surface area (Å²) in [5.41, 5.74) is 2.83. The quantitative estimate of drug-likeness (QED) is 0.836. The standard InChI is InChI=1S/C18H29NO/c1-18(2,3)19-12-16-10-6-7-11-17(16)14-20-13-15-8-4-5-9-15/h6-7,10-11,15,19H,4-5,8-9,12-14H2,1-3H3. The van der Waals surface area contributed by atoms with Crippen molar-refractivity contribution in [2.24, 2.45) is 5.92 Å². The van der Waals surface area contributed by atoms with Gasteiger partial charge >= 0.3 is 0 Å². The van der Waals surface area contributed by atoms with Crippen LogP contribution < -0.4 is 5.32 Å². The van der Waals surface area contributed by atoms with Gasteiger partial charge in [0.1, 0.15) is 0 Å². The van der Waals surface area contributed by atoms with Crippen LogP contribution in [0.1, 0.15) is 57.6 Å². The lowest BCUT2D eigenvalue weighted by Crippen LogP contribution is -2.35. The smallest absolute Gasteiger partial charge is 0.0720 e. The topological polar surface area (TPSA) is 21.3 Å². The fourth-order valence-corrected chi connectivity index (χ4v) is 2.74. The molecule has 1 aromatic rings. The highest BCUT2D eigenvalue weighted by Gasteiger charge is 2.15. The SMILES string of the molecule is CC(C)(C)NCc1ccccc1COCC1CCCC1. The van der Waals surface area contributed by atoms with Crippen LogP contribution in [0.3, 0.4) is 0 Å². The molecule has 0 radical (unpaired) electrons. The molecule has 1 N–H and O–H groups in total. The highest BCUT2D eigenvalue weighted by atomic mass is 16.5. The van der Waals surface area contributed by atoms with Crippen molar-refractivity contribution in [1.29, 1.82) is 0 Å². The summed E-state index contributed by atoms with van der Waals surface area (Å²) in [6.45, 7) is 9.19. The summed E-state index contributed by atoms with van der Waals surface area (Å²) < 4.78 is 5.95. The van der Waals surface area contributed by atoms with Gasteiger partial charge in [0.25, 0.3) is 0 Å². The Morgan fingerprint density at radius 3 is 2.40 bits per heavy atom. The summed E-state index contributed by atoms with van der Waals surface area (Å²) in [6, 6.07) is 8.61. The van der Waals surface area contributed by atoms with Crippen molar-refractivity contribution in [3.63, 3.8) is 0 Å². The highest BCUT2D eigenvalue weighted by molar-refractivity contribution is 5.26. The summed E-state index contributed by atoms with van der Waals surface area (Å²) in [5, 5.41) is 3.55. The van der Waals surface area contributed by atoms with Crippen LogP contribution in [-0.2, 0) is 17.9 Å². The molecule has 0 aromatic heterocycles. The lowest BCUT2D eigenvalue weighted by atomic mass is 10.1. The van der Waals surface area contributed by atoms with Crippen molar-refractivity contribution in [1.82, 2.24) is 5.32 Å². The minimum atomic E-state index is 0.151. The van der Waals surface area contributed by atoms with Gasteiger partial charge < -0.3 is 10.1 Å². The van der Waals surface area contributed by atoms with E-state index in [1.165, 1.54) is 36.8 Å². The van der Waals surface area contributed by atoms with Crippen molar-refractivity contribution < 1.29 is 4.74 Å². The van der Waals surface area contributed by atoms with Gasteiger partial charge in [0.2, 0.25) is 0 Å². The fourth-order valence-electron chi connectivity index (χ4n) is 2.74. The molecule has 1 aliphatic carbocycles. The molecule has 0 bridgehead atoms. The maximum atomic E-state index is 5.95. The Labute approximate surface area is 123 Å². The molecular formula is C18H29NO. The number of hydrogen-bond acceptors (Lipinski definition) is 2. The lowest BCUT2D eigenvalue weighted by molar-refractivity contribution is 0.0883. The van der Waals surface area contributed by atoms with E-state index in [9.17, 15) is 0 Å². The maximum absolute atomic E-state index is 5.95. The Bertz CT molecular complexity index is 402. The molecule has 0 saturated heterocycles. The molecular weight excluding hydrogens is 246 g/mol. The van der Waals surface area contributed by atoms with Crippen molar-refractivity contribution >= 4 is 0 Å². The third-order valence-electron chi connectivity index (χ3n) is 4.01. The van der Waals surface area contributed by atoms with E-state index in [0.29, 0.717) is 0 Å². The predicted molar refractivity (Wildman–Crippen MR) is 84.6 cm³/mol. The van der Waals surface area contributed by atoms with Crippen LogP contribution in [-0.4, -0.2) is 12.1 Å². The van der Waals surface area contributed by atoms with Gasteiger partial charge in [0, 0.05) is 18.7 Å². The third kappa shape index (κ3) is 5.26. The van der Waals surface area contributed by atoms with Gasteiger partial charge in [-0.25, -0.2) is 0 Å². The molecule has 0 heterocycles. The molecule has 1 saturated carbocycles. The molecule has 0 amide bonds. The Morgan fingerprint density at radius 2 is 1.75 bits per heavy atom. The zero-order valence-corrected chi connectivity index (χ0v) is 13.2. The Morgan fingerprint density at radius 1 is 1.10 bits per heavy atom. The summed E-state index contributed by atoms with van der Waals surface area (Å²) in [7, 11) is 0. The monoisotopic (exact) mass is 275 g/mol. The van der Waals surface area contributed by atoms with Gasteiger partial charge in [-0.15, -0.1) is 0 Å². The molecule has 112 valence electrons. The first-order valence-corrected chi connectivity index (χ1v) is 7.94. The molecule has 1 aromatic carbocycles. The molecule has 0 spiro atoms. The Kier molecular flexibility index (Phi) is 5.62. The van der Waals surface area contributed by atoms with Crippen LogP contribution in [0.4, 0.5) is 0 Å². The average Bonchev–Trinajstić information content (AvgIpc) is 2.90. The van der Waals surface area contributed by atoms with Gasteiger partial charge in [0.05, 0.1) is 6.61 Å². The second-order valence-corrected chi connectivity index (χ2v) is 7.04. The van der Waals surface area contributed by atoms with Crippen LogP contribution in [0.5, 0.6) is 0 Å². The van der Waals surface area contributed by atoms with Gasteiger partial charge in [-0.2, -0.15) is 0 Å². The Balaban J connectivity index is 1.83. The van der Waals surface area contributed by atoms with E-state index in [1.807, 2.05) is 0 Å². The largest absolute Gasteiger partial charge is 0.376 e. The first-order valence-electron chi connectivity index (χ1n) is 7.94. The Hall–Kier alpha value is -0.860. The maximum Gasteiger partial charge on any atom is 0.0720 e. The molecule has 1 aliphatic rings. The summed E-state index contributed by atoms with van der Waals surface area (Å²) >= 11 is 0. The fraction of sp³-hybridized carbons (Fsp3) is 0.667. The number of nitrogens with one attached hydrogen (secondary N) is 1. The van der Waals surface area contributed by atoms with Gasteiger partial charge in [-0.05, 0) is 50.7 Å². The summed E-state index contributed by atoms with van der Waals surface area (Å²) in [4.78, 5) is 0. The predicted octanol–water partition coefficient (Wildman–Crippen LogP) is 4.28. The lowest BCUT2D eigenvalue weighted by Gasteiger charge is -2.22. The molecule has 2 rings (SSSR count). The van der Waals surface area contributed by atoms with Crippen molar-refractivity contribution in [2.75, 3.05) is 6.61 Å². The van der Waals surface area contributed by atoms with E-state index < -0.39 is 0 Å². The van der Waals surface area contributed by atoms with E-state index in [4.69, 9.17) is 4.74 Å². The molecule has 0 atom stereocenters. The number of hydrogen-bond donors (Lipinski definition) is 1. The summed E-state index contributed by atoms with van der Waals surface area (Å²) in [5.74, 6) is 0.801. The summed E-state index contributed by atoms with van der Waals surface area (Å²) in [6.07, 6.45) is 5.49. The molecule has 2 heteroatoms. The zero-order chi connectivity index (χ0) is 14.4. The van der Waals surface area contributed by atoms with Crippen LogP contribution in [0.25, 0.3) is 0 Å². The van der Waals surface area contributed by atoms with Crippen molar-refractivity contribution in [2.45, 2.75) is 65.1 Å². The first-order chi connectivity index (χ1) is 9.54. The van der Waals surface area contributed by atoms with Crippen molar-refractivity contribution in [3.05, 3.63) is 35.4 Å². The van der Waals surface area contributed by atoms with E-state index in [-0.39, 0.29) is 5.54 Å². The second kappa shape index (κ2) is 7.24. The van der Waals surface area contributed by atoms with Crippen LogP contribution >= 0.6 is 0 Å². The van der Waals surface area contributed by atoms with Gasteiger partial charge in [-0.3, -0.25) is 0 Å². The highest BCUT2D eigenvalue weighted by Crippen LogP contribution is 2.25. The number of rotatable bonds is 6. The molecule has 0 unspecified atom stereocenters. The zero-order valence-electron chi connectivity index (χ0n) is 13.2. The first kappa shape index (κ1) is 15.5. The normalized spacial score (nSPS) is 16.8. The van der Waals surface area contributed by atoms with E-state index >= 15 is 0 Å². The van der Waals surface area contributed by atoms with Crippen molar-refractivity contribution in [3.8, 4) is 0 Å². The van der Waals surface area contributed by atoms with Crippen LogP contribution in [0.2, 0.25) is 0 Å². The number of ether oxygens (including phenoxy) is 1. The third-order valence-corrected chi connectivity index (χ3v) is 4.01. The second-order valence-electron chi connectivity index (χ2n) is 7.04. The molecule has 2 nitrogen and oxygen atoms in total. The van der Waals surface area contributed by atoms with Gasteiger partial charge in [0.15, 0.2) is 0 Å². The molecule has 20 heavy (non-hydrogen) atoms. The van der Waals surface area contributed by atoms with Crippen LogP contribution in [0.15, 0.2) is 24.3 Å². The molecule has 1 fully saturated rings. The molecule has 0 aliphatic heterocycles. The minimum Gasteiger partial charge on any atom is -0.376 e.